The van der Waals surface area contributed by atoms with Crippen molar-refractivity contribution in [1.82, 2.24) is 0 Å². The number of amides is 1. The van der Waals surface area contributed by atoms with E-state index in [4.69, 9.17) is 5.73 Å². The second-order valence-corrected chi connectivity index (χ2v) is 4.49. The molecule has 0 fully saturated rings. The number of carbonyl (C=O) groups is 1. The van der Waals surface area contributed by atoms with Crippen molar-refractivity contribution in [1.29, 1.82) is 0 Å². The van der Waals surface area contributed by atoms with Crippen LogP contribution in [0.4, 0.5) is 18.9 Å². The number of carbonyl (C=O) groups excluding carboxylic acids is 1. The summed E-state index contributed by atoms with van der Waals surface area (Å²) < 4.78 is 36.1. The lowest BCUT2D eigenvalue weighted by Gasteiger charge is -2.09. The summed E-state index contributed by atoms with van der Waals surface area (Å²) in [5, 5.41) is 2.48. The van der Waals surface area contributed by atoms with E-state index < -0.39 is 11.6 Å². The second-order valence-electron chi connectivity index (χ2n) is 3.35. The lowest BCUT2D eigenvalue weighted by molar-refractivity contribution is -0.117. The minimum Gasteiger partial charge on any atom is -0.325 e. The summed E-state index contributed by atoms with van der Waals surface area (Å²) in [4.78, 5) is 11.3. The summed E-state index contributed by atoms with van der Waals surface area (Å²) in [6, 6.07) is 4.70. The fraction of sp³-hybridized carbons (Fsp3) is 0.300. The molecule has 1 atom stereocenters. The van der Waals surface area contributed by atoms with Crippen molar-refractivity contribution in [3.63, 3.8) is 0 Å². The summed E-state index contributed by atoms with van der Waals surface area (Å²) in [5.74, 6) is -0.388. The van der Waals surface area contributed by atoms with E-state index >= 15 is 0 Å². The van der Waals surface area contributed by atoms with Crippen LogP contribution in [0.25, 0.3) is 0 Å². The smallest absolute Gasteiger partial charge is 0.325 e. The van der Waals surface area contributed by atoms with E-state index in [1.54, 1.807) is 0 Å². The maximum absolute atomic E-state index is 12.0. The lowest BCUT2D eigenvalue weighted by Crippen LogP contribution is -2.32. The van der Waals surface area contributed by atoms with Gasteiger partial charge in [0, 0.05) is 10.6 Å². The zero-order valence-corrected chi connectivity index (χ0v) is 9.73. The molecule has 0 aromatic heterocycles. The maximum Gasteiger partial charge on any atom is 0.446 e. The van der Waals surface area contributed by atoms with Crippen LogP contribution in [-0.2, 0) is 4.79 Å². The first kappa shape index (κ1) is 13.9. The highest BCUT2D eigenvalue weighted by atomic mass is 32.2. The van der Waals surface area contributed by atoms with Crippen LogP contribution in [0.15, 0.2) is 29.2 Å². The molecule has 0 saturated carbocycles. The number of nitrogens with two attached hydrogens (primary N) is 1. The summed E-state index contributed by atoms with van der Waals surface area (Å²) in [6.07, 6.45) is 0. The number of thioether (sulfide) groups is 1. The third-order valence-electron chi connectivity index (χ3n) is 1.77. The molecular formula is C10H11F3N2OS. The van der Waals surface area contributed by atoms with Gasteiger partial charge in [0.2, 0.25) is 5.91 Å². The standard InChI is InChI=1S/C10H11F3N2OS/c1-6(14)9(16)15-7-2-4-8(5-3-7)17-10(11,12)13/h2-6H,14H2,1H3,(H,15,16). The third-order valence-corrected chi connectivity index (χ3v) is 2.51. The topological polar surface area (TPSA) is 55.1 Å². The van der Waals surface area contributed by atoms with Gasteiger partial charge in [0.25, 0.3) is 0 Å². The van der Waals surface area contributed by atoms with E-state index in [0.29, 0.717) is 5.69 Å². The summed E-state index contributed by atoms with van der Waals surface area (Å²) >= 11 is -0.203. The monoisotopic (exact) mass is 264 g/mol. The van der Waals surface area contributed by atoms with E-state index in [-0.39, 0.29) is 22.6 Å². The van der Waals surface area contributed by atoms with Crippen molar-refractivity contribution in [2.45, 2.75) is 23.4 Å². The SMILES string of the molecule is CC(N)C(=O)Nc1ccc(SC(F)(F)F)cc1. The molecule has 94 valence electrons. The summed E-state index contributed by atoms with van der Waals surface area (Å²) in [5.41, 5.74) is 1.44. The van der Waals surface area contributed by atoms with Crippen LogP contribution in [0.3, 0.4) is 0 Å². The van der Waals surface area contributed by atoms with Gasteiger partial charge in [-0.15, -0.1) is 0 Å². The van der Waals surface area contributed by atoms with Gasteiger partial charge in [0.15, 0.2) is 0 Å². The first-order valence-corrected chi connectivity index (χ1v) is 5.52. The number of benzene rings is 1. The molecule has 0 saturated heterocycles. The molecule has 0 bridgehead atoms. The van der Waals surface area contributed by atoms with Crippen molar-refractivity contribution < 1.29 is 18.0 Å². The molecule has 0 aliphatic heterocycles. The molecule has 1 unspecified atom stereocenters. The second kappa shape index (κ2) is 5.42. The van der Waals surface area contributed by atoms with Crippen LogP contribution >= 0.6 is 11.8 Å². The molecule has 3 nitrogen and oxygen atoms in total. The van der Waals surface area contributed by atoms with Crippen LogP contribution in [0, 0.1) is 0 Å². The normalized spacial score (nSPS) is 13.2. The molecular weight excluding hydrogens is 253 g/mol. The molecule has 0 radical (unpaired) electrons. The van der Waals surface area contributed by atoms with Gasteiger partial charge in [-0.3, -0.25) is 4.79 Å². The Labute approximate surface area is 101 Å². The number of hydrogen-bond acceptors (Lipinski definition) is 3. The van der Waals surface area contributed by atoms with E-state index in [1.165, 1.54) is 31.2 Å². The zero-order valence-electron chi connectivity index (χ0n) is 8.91. The van der Waals surface area contributed by atoms with Gasteiger partial charge < -0.3 is 11.1 Å². The quantitative estimate of drug-likeness (QED) is 0.825. The Balaban J connectivity index is 2.65. The molecule has 1 aromatic rings. The minimum atomic E-state index is -4.31. The van der Waals surface area contributed by atoms with Crippen LogP contribution in [0.2, 0.25) is 0 Å². The average Bonchev–Trinajstić information content (AvgIpc) is 2.18. The zero-order chi connectivity index (χ0) is 13.1. The van der Waals surface area contributed by atoms with Crippen molar-refractivity contribution in [2.75, 3.05) is 5.32 Å². The minimum absolute atomic E-state index is 0.0660. The van der Waals surface area contributed by atoms with Crippen molar-refractivity contribution in [3.05, 3.63) is 24.3 Å². The van der Waals surface area contributed by atoms with E-state index in [2.05, 4.69) is 5.32 Å². The molecule has 1 rings (SSSR count). The molecule has 0 spiro atoms. The number of rotatable bonds is 3. The van der Waals surface area contributed by atoms with Gasteiger partial charge in [-0.1, -0.05) is 0 Å². The third kappa shape index (κ3) is 5.10. The molecule has 7 heteroatoms. The Morgan fingerprint density at radius 3 is 2.29 bits per heavy atom. The highest BCUT2D eigenvalue weighted by Crippen LogP contribution is 2.36. The van der Waals surface area contributed by atoms with Crippen LogP contribution in [0.5, 0.6) is 0 Å². The van der Waals surface area contributed by atoms with E-state index in [1.807, 2.05) is 0 Å². The molecule has 0 heterocycles. The van der Waals surface area contributed by atoms with Gasteiger partial charge >= 0.3 is 5.51 Å². The number of halogens is 3. The van der Waals surface area contributed by atoms with E-state index in [9.17, 15) is 18.0 Å². The van der Waals surface area contributed by atoms with Crippen molar-refractivity contribution in [2.24, 2.45) is 5.73 Å². The van der Waals surface area contributed by atoms with Gasteiger partial charge in [-0.05, 0) is 43.0 Å². The average molecular weight is 264 g/mol. The summed E-state index contributed by atoms with van der Waals surface area (Å²) in [7, 11) is 0. The largest absolute Gasteiger partial charge is 0.446 e. The molecule has 0 aliphatic carbocycles. The first-order chi connectivity index (χ1) is 7.78. The number of anilines is 1. The number of hydrogen-bond donors (Lipinski definition) is 2. The Kier molecular flexibility index (Phi) is 4.41. The van der Waals surface area contributed by atoms with Gasteiger partial charge in [-0.2, -0.15) is 13.2 Å². The Morgan fingerprint density at radius 1 is 1.35 bits per heavy atom. The van der Waals surface area contributed by atoms with Crippen LogP contribution in [0.1, 0.15) is 6.92 Å². The highest BCUT2D eigenvalue weighted by molar-refractivity contribution is 8.00. The summed E-state index contributed by atoms with van der Waals surface area (Å²) in [6.45, 7) is 1.52. The molecule has 0 aliphatic rings. The van der Waals surface area contributed by atoms with Crippen LogP contribution in [-0.4, -0.2) is 17.5 Å². The van der Waals surface area contributed by atoms with Gasteiger partial charge in [-0.25, -0.2) is 0 Å². The van der Waals surface area contributed by atoms with E-state index in [0.717, 1.165) is 0 Å². The van der Waals surface area contributed by atoms with Gasteiger partial charge in [0.05, 0.1) is 6.04 Å². The van der Waals surface area contributed by atoms with Crippen molar-refractivity contribution in [3.8, 4) is 0 Å². The Hall–Kier alpha value is -1.21. The Bertz CT molecular complexity index is 390. The molecule has 17 heavy (non-hydrogen) atoms. The van der Waals surface area contributed by atoms with Gasteiger partial charge in [0.1, 0.15) is 0 Å². The molecule has 1 aromatic carbocycles. The van der Waals surface area contributed by atoms with Crippen LogP contribution < -0.4 is 11.1 Å². The fourth-order valence-electron chi connectivity index (χ4n) is 0.996. The number of nitrogens with one attached hydrogen (secondary N) is 1. The molecule has 1 amide bonds. The first-order valence-electron chi connectivity index (χ1n) is 4.70. The van der Waals surface area contributed by atoms with Crippen molar-refractivity contribution >= 4 is 23.4 Å². The number of alkyl halides is 3. The predicted molar refractivity (Wildman–Crippen MR) is 60.6 cm³/mol. The fourth-order valence-corrected chi connectivity index (χ4v) is 1.54. The predicted octanol–water partition coefficient (Wildman–Crippen LogP) is 2.58. The lowest BCUT2D eigenvalue weighted by atomic mass is 10.3. The Morgan fingerprint density at radius 2 is 1.88 bits per heavy atom. The molecule has 3 N–H and O–H groups in total. The maximum atomic E-state index is 12.0. The highest BCUT2D eigenvalue weighted by Gasteiger charge is 2.29.